The lowest BCUT2D eigenvalue weighted by atomic mass is 10.1. The van der Waals surface area contributed by atoms with Crippen molar-refractivity contribution in [3.63, 3.8) is 0 Å². The fraction of sp³-hybridized carbons (Fsp3) is 0.273. The Hall–Kier alpha value is -4.60. The summed E-state index contributed by atoms with van der Waals surface area (Å²) in [6.07, 6.45) is -0.453. The van der Waals surface area contributed by atoms with Crippen LogP contribution in [-0.2, 0) is 21.1 Å². The molecule has 17 nitrogen and oxygen atoms in total. The van der Waals surface area contributed by atoms with E-state index in [9.17, 15) is 29.8 Å². The van der Waals surface area contributed by atoms with Crippen molar-refractivity contribution in [2.45, 2.75) is 31.7 Å². The summed E-state index contributed by atoms with van der Waals surface area (Å²) in [7, 11) is 0. The van der Waals surface area contributed by atoms with Gasteiger partial charge in [-0.1, -0.05) is 5.11 Å². The molecule has 1 aromatic heterocycles. The molecule has 0 bridgehead atoms. The maximum atomic E-state index is 12.4. The summed E-state index contributed by atoms with van der Waals surface area (Å²) in [6, 6.07) is 9.09. The van der Waals surface area contributed by atoms with E-state index in [1.807, 2.05) is 0 Å². The molecule has 0 aliphatic carbocycles. The zero-order chi connectivity index (χ0) is 29.7. The van der Waals surface area contributed by atoms with Crippen molar-refractivity contribution in [2.75, 3.05) is 6.61 Å². The number of nitrogens with zero attached hydrogens (tertiary/aromatic N) is 6. The molecule has 0 saturated carbocycles. The van der Waals surface area contributed by atoms with E-state index in [4.69, 9.17) is 35.6 Å². The van der Waals surface area contributed by atoms with E-state index in [0.29, 0.717) is 0 Å². The van der Waals surface area contributed by atoms with Gasteiger partial charge in [0.2, 0.25) is 0 Å². The number of aromatic amines is 1. The molecule has 19 heteroatoms. The Kier molecular flexibility index (Phi) is 8.80. The number of aromatic nitrogens is 2. The van der Waals surface area contributed by atoms with Crippen molar-refractivity contribution in [2.24, 2.45) is 5.11 Å². The lowest BCUT2D eigenvalue weighted by Crippen LogP contribution is -2.33. The standard InChI is InChI=1S/C22H20N7O10PS/c1-13-11-27(22(31)24-21(13)30)20-10-18(25-26-23)19(37-20)12-36-40(41,38-16-6-2-14(3-7-16)28(32)33)39-17-8-4-15(5-9-17)29(34)35/h2-9,11,18-20H,10,12H2,1H3,(H,24,30,31)/t18-,19+,20+/m0/s1. The van der Waals surface area contributed by atoms with Gasteiger partial charge in [-0.3, -0.25) is 39.1 Å². The Balaban J connectivity index is 1.58. The molecule has 1 aliphatic rings. The highest BCUT2D eigenvalue weighted by Crippen LogP contribution is 2.51. The highest BCUT2D eigenvalue weighted by Gasteiger charge is 2.38. The van der Waals surface area contributed by atoms with E-state index >= 15 is 0 Å². The second-order valence-corrected chi connectivity index (χ2v) is 11.4. The van der Waals surface area contributed by atoms with E-state index in [-0.39, 0.29) is 41.5 Å². The Labute approximate surface area is 234 Å². The zero-order valence-corrected chi connectivity index (χ0v) is 22.7. The molecule has 2 heterocycles. The second kappa shape index (κ2) is 12.3. The first-order valence-electron chi connectivity index (χ1n) is 11.6. The Morgan fingerprint density at radius 2 is 1.63 bits per heavy atom. The summed E-state index contributed by atoms with van der Waals surface area (Å²) >= 11 is 5.57. The van der Waals surface area contributed by atoms with Gasteiger partial charge in [0, 0.05) is 59.2 Å². The van der Waals surface area contributed by atoms with E-state index in [1.54, 1.807) is 0 Å². The molecule has 0 radical (unpaired) electrons. The Morgan fingerprint density at radius 3 is 2.12 bits per heavy atom. The number of H-pyrrole nitrogens is 1. The summed E-state index contributed by atoms with van der Waals surface area (Å²) in [5, 5.41) is 25.7. The van der Waals surface area contributed by atoms with Crippen molar-refractivity contribution in [3.05, 3.63) is 112 Å². The third-order valence-corrected chi connectivity index (χ3v) is 7.88. The van der Waals surface area contributed by atoms with E-state index in [2.05, 4.69) is 15.0 Å². The van der Waals surface area contributed by atoms with Gasteiger partial charge in [-0.05, 0) is 36.7 Å². The zero-order valence-electron chi connectivity index (χ0n) is 21.0. The maximum absolute atomic E-state index is 12.4. The number of nitrogens with one attached hydrogen (secondary N) is 1. The molecule has 2 aromatic carbocycles. The van der Waals surface area contributed by atoms with Crippen LogP contribution in [0.3, 0.4) is 0 Å². The predicted octanol–water partition coefficient (Wildman–Crippen LogP) is 4.03. The lowest BCUT2D eigenvalue weighted by molar-refractivity contribution is -0.385. The Morgan fingerprint density at radius 1 is 1.10 bits per heavy atom. The van der Waals surface area contributed by atoms with Crippen LogP contribution in [0.1, 0.15) is 18.2 Å². The van der Waals surface area contributed by atoms with Gasteiger partial charge in [0.05, 0.1) is 28.6 Å². The van der Waals surface area contributed by atoms with Crippen molar-refractivity contribution in [3.8, 4) is 11.5 Å². The fourth-order valence-electron chi connectivity index (χ4n) is 3.78. The van der Waals surface area contributed by atoms with Gasteiger partial charge in [-0.25, -0.2) is 4.79 Å². The van der Waals surface area contributed by atoms with Gasteiger partial charge in [-0.2, -0.15) is 0 Å². The second-order valence-electron chi connectivity index (χ2n) is 8.54. The number of ether oxygens (including phenoxy) is 1. The third-order valence-electron chi connectivity index (χ3n) is 5.79. The van der Waals surface area contributed by atoms with Crippen LogP contribution in [0.5, 0.6) is 11.5 Å². The van der Waals surface area contributed by atoms with Crippen LogP contribution in [0.15, 0.2) is 69.4 Å². The summed E-state index contributed by atoms with van der Waals surface area (Å²) in [4.78, 5) is 49.9. The van der Waals surface area contributed by atoms with Crippen LogP contribution in [-0.4, -0.2) is 38.2 Å². The van der Waals surface area contributed by atoms with Crippen LogP contribution in [0, 0.1) is 27.2 Å². The van der Waals surface area contributed by atoms with Gasteiger partial charge < -0.3 is 13.8 Å². The number of benzene rings is 2. The number of rotatable bonds is 11. The molecule has 0 unspecified atom stereocenters. The van der Waals surface area contributed by atoms with Gasteiger partial charge in [0.15, 0.2) is 0 Å². The average molecular weight is 605 g/mol. The maximum Gasteiger partial charge on any atom is 0.435 e. The van der Waals surface area contributed by atoms with Crippen LogP contribution in [0.4, 0.5) is 11.4 Å². The van der Waals surface area contributed by atoms with Crippen molar-refractivity contribution in [1.82, 2.24) is 9.55 Å². The summed E-state index contributed by atoms with van der Waals surface area (Å²) < 4.78 is 24.6. The summed E-state index contributed by atoms with van der Waals surface area (Å²) in [5.74, 6) is 0.154. The first-order chi connectivity index (χ1) is 19.5. The largest absolute Gasteiger partial charge is 0.435 e. The van der Waals surface area contributed by atoms with Crippen LogP contribution in [0.25, 0.3) is 10.4 Å². The van der Waals surface area contributed by atoms with Gasteiger partial charge >= 0.3 is 12.4 Å². The highest BCUT2D eigenvalue weighted by molar-refractivity contribution is 8.07. The van der Waals surface area contributed by atoms with Crippen molar-refractivity contribution >= 4 is 29.9 Å². The third kappa shape index (κ3) is 7.13. The molecule has 4 rings (SSSR count). The first-order valence-corrected chi connectivity index (χ1v) is 14.2. The number of azide groups is 1. The molecule has 1 aliphatic heterocycles. The monoisotopic (exact) mass is 605 g/mol. The number of nitro groups is 2. The quantitative estimate of drug-likeness (QED) is 0.0819. The molecule has 0 spiro atoms. The number of aryl methyl sites for hydroxylation is 1. The Bertz CT molecular complexity index is 1610. The van der Waals surface area contributed by atoms with Gasteiger partial charge in [0.1, 0.15) is 17.7 Å². The molecule has 214 valence electrons. The number of hydrogen-bond acceptors (Lipinski definition) is 12. The van der Waals surface area contributed by atoms with E-state index in [1.165, 1.54) is 61.7 Å². The molecule has 41 heavy (non-hydrogen) atoms. The van der Waals surface area contributed by atoms with Gasteiger partial charge in [0.25, 0.3) is 16.9 Å². The molecular formula is C22H20N7O10PS. The molecular weight excluding hydrogens is 585 g/mol. The van der Waals surface area contributed by atoms with Crippen LogP contribution in [0.2, 0.25) is 0 Å². The van der Waals surface area contributed by atoms with Crippen molar-refractivity contribution in [1.29, 1.82) is 0 Å². The molecule has 1 N–H and O–H groups in total. The fourth-order valence-corrected chi connectivity index (χ4v) is 5.71. The minimum absolute atomic E-state index is 0.0682. The molecule has 1 fully saturated rings. The predicted molar refractivity (Wildman–Crippen MR) is 145 cm³/mol. The molecule has 3 aromatic rings. The normalized spacial score (nSPS) is 18.3. The van der Waals surface area contributed by atoms with E-state index < -0.39 is 46.2 Å². The number of hydrogen-bond donors (Lipinski definition) is 1. The molecule has 0 amide bonds. The van der Waals surface area contributed by atoms with Crippen LogP contribution >= 0.6 is 6.72 Å². The molecule has 3 atom stereocenters. The van der Waals surface area contributed by atoms with E-state index in [0.717, 1.165) is 4.57 Å². The first kappa shape index (κ1) is 29.4. The topological polar surface area (TPSA) is 227 Å². The number of nitro benzene ring substituents is 2. The van der Waals surface area contributed by atoms with Crippen molar-refractivity contribution < 1.29 is 28.2 Å². The highest BCUT2D eigenvalue weighted by atomic mass is 32.5. The SMILES string of the molecule is Cc1cn([C@H]2C[C@H](N=[N+]=[N-])[C@@H](COP(=S)(Oc3ccc([N+](=O)[O-])cc3)Oc3ccc([N+](=O)[O-])cc3)O2)c(=O)[nH]c1=O. The summed E-state index contributed by atoms with van der Waals surface area (Å²) in [5.41, 5.74) is 7.66. The average Bonchev–Trinajstić information content (AvgIpc) is 3.33. The molecule has 1 saturated heterocycles. The number of non-ortho nitro benzene ring substituents is 2. The smallest absolute Gasteiger partial charge is 0.416 e. The van der Waals surface area contributed by atoms with Crippen LogP contribution < -0.4 is 20.3 Å². The van der Waals surface area contributed by atoms with Gasteiger partial charge in [-0.15, -0.1) is 0 Å². The summed E-state index contributed by atoms with van der Waals surface area (Å²) in [6.45, 7) is -2.62. The minimum atomic E-state index is -3.79. The lowest BCUT2D eigenvalue weighted by Gasteiger charge is -2.25. The minimum Gasteiger partial charge on any atom is -0.416 e.